The van der Waals surface area contributed by atoms with E-state index < -0.39 is 12.1 Å². The second-order valence-electron chi connectivity index (χ2n) is 3.86. The van der Waals surface area contributed by atoms with Crippen LogP contribution in [0.2, 0.25) is 0 Å². The predicted molar refractivity (Wildman–Crippen MR) is 67.9 cm³/mol. The summed E-state index contributed by atoms with van der Waals surface area (Å²) >= 11 is 0. The summed E-state index contributed by atoms with van der Waals surface area (Å²) in [5.41, 5.74) is 0.842. The Morgan fingerprint density at radius 2 is 2.05 bits per heavy atom. The van der Waals surface area contributed by atoms with Crippen LogP contribution >= 0.6 is 0 Å². The Hall–Kier alpha value is -2.90. The molecule has 0 atom stereocenters. The number of carboxylic acid groups (broad SMARTS) is 1. The van der Waals surface area contributed by atoms with E-state index in [-0.39, 0.29) is 19.1 Å². The molecule has 2 N–H and O–H groups in total. The van der Waals surface area contributed by atoms with Gasteiger partial charge >= 0.3 is 12.1 Å². The van der Waals surface area contributed by atoms with Gasteiger partial charge in [-0.1, -0.05) is 30.3 Å². The summed E-state index contributed by atoms with van der Waals surface area (Å²) in [6.45, 7) is -0.235. The molecule has 1 aromatic heterocycles. The Labute approximate surface area is 114 Å². The highest BCUT2D eigenvalue weighted by Gasteiger charge is 2.11. The monoisotopic (exact) mass is 276 g/mol. The largest absolute Gasteiger partial charge is 0.480 e. The molecule has 0 aliphatic carbocycles. The number of hydrogen-bond donors (Lipinski definition) is 2. The topological polar surface area (TPSA) is 106 Å². The van der Waals surface area contributed by atoms with Crippen molar-refractivity contribution >= 4 is 18.0 Å². The molecule has 0 saturated heterocycles. The van der Waals surface area contributed by atoms with Crippen molar-refractivity contribution in [3.63, 3.8) is 0 Å². The quantitative estimate of drug-likeness (QED) is 0.847. The van der Waals surface area contributed by atoms with Crippen molar-refractivity contribution in [3.05, 3.63) is 42.2 Å². The fourth-order valence-electron chi connectivity index (χ4n) is 1.46. The van der Waals surface area contributed by atoms with Crippen molar-refractivity contribution in [1.82, 2.24) is 14.8 Å². The molecular weight excluding hydrogens is 264 g/mol. The summed E-state index contributed by atoms with van der Waals surface area (Å²) in [7, 11) is 0. The van der Waals surface area contributed by atoms with Gasteiger partial charge < -0.3 is 9.84 Å². The zero-order chi connectivity index (χ0) is 14.4. The number of hydrogen-bond acceptors (Lipinski definition) is 5. The first-order valence-corrected chi connectivity index (χ1v) is 5.72. The van der Waals surface area contributed by atoms with Gasteiger partial charge in [0, 0.05) is 0 Å². The molecule has 20 heavy (non-hydrogen) atoms. The van der Waals surface area contributed by atoms with Crippen molar-refractivity contribution < 1.29 is 19.4 Å². The molecule has 8 heteroatoms. The fraction of sp³-hybridized carbons (Fsp3) is 0.167. The summed E-state index contributed by atoms with van der Waals surface area (Å²) < 4.78 is 6.17. The highest BCUT2D eigenvalue weighted by atomic mass is 16.5. The Kier molecular flexibility index (Phi) is 4.28. The van der Waals surface area contributed by atoms with E-state index in [0.29, 0.717) is 0 Å². The van der Waals surface area contributed by atoms with Gasteiger partial charge in [0.2, 0.25) is 5.95 Å². The Morgan fingerprint density at radius 3 is 2.75 bits per heavy atom. The van der Waals surface area contributed by atoms with Crippen LogP contribution in [-0.4, -0.2) is 31.9 Å². The van der Waals surface area contributed by atoms with Gasteiger partial charge in [-0.15, -0.1) is 10.2 Å². The summed E-state index contributed by atoms with van der Waals surface area (Å²) in [5, 5.41) is 18.1. The summed E-state index contributed by atoms with van der Waals surface area (Å²) in [4.78, 5) is 22.2. The van der Waals surface area contributed by atoms with Crippen LogP contribution in [0, 0.1) is 0 Å². The summed E-state index contributed by atoms with van der Waals surface area (Å²) in [5.74, 6) is -1.05. The van der Waals surface area contributed by atoms with Crippen molar-refractivity contribution in [2.45, 2.75) is 13.2 Å². The van der Waals surface area contributed by atoms with Crippen LogP contribution in [0.4, 0.5) is 10.7 Å². The Morgan fingerprint density at radius 1 is 1.30 bits per heavy atom. The van der Waals surface area contributed by atoms with Crippen LogP contribution in [0.5, 0.6) is 0 Å². The number of nitrogens with one attached hydrogen (secondary N) is 1. The molecular formula is C12H12N4O4. The molecule has 1 aromatic carbocycles. The first-order chi connectivity index (χ1) is 9.65. The predicted octanol–water partition coefficient (Wildman–Crippen LogP) is 1.11. The molecule has 104 valence electrons. The molecule has 1 amide bonds. The number of carboxylic acids is 1. The minimum Gasteiger partial charge on any atom is -0.480 e. The number of rotatable bonds is 5. The maximum absolute atomic E-state index is 11.6. The zero-order valence-corrected chi connectivity index (χ0v) is 10.4. The number of benzene rings is 1. The van der Waals surface area contributed by atoms with E-state index in [9.17, 15) is 9.59 Å². The van der Waals surface area contributed by atoms with Gasteiger partial charge in [0.15, 0.2) is 0 Å². The minimum atomic E-state index is -1.06. The summed E-state index contributed by atoms with van der Waals surface area (Å²) in [6.07, 6.45) is 0.481. The van der Waals surface area contributed by atoms with Crippen LogP contribution in [0.1, 0.15) is 5.56 Å². The highest BCUT2D eigenvalue weighted by molar-refractivity contribution is 5.82. The number of aromatic nitrogens is 3. The molecule has 0 saturated carbocycles. The average Bonchev–Trinajstić information content (AvgIpc) is 2.84. The van der Waals surface area contributed by atoms with E-state index in [2.05, 4.69) is 15.5 Å². The van der Waals surface area contributed by atoms with E-state index in [0.717, 1.165) is 5.56 Å². The first kappa shape index (κ1) is 13.5. The lowest BCUT2D eigenvalue weighted by atomic mass is 10.2. The number of carbonyl (C=O) groups excluding carboxylic acids is 1. The van der Waals surface area contributed by atoms with Crippen molar-refractivity contribution in [2.75, 3.05) is 5.32 Å². The molecule has 0 unspecified atom stereocenters. The smallest absolute Gasteiger partial charge is 0.414 e. The third-order valence-corrected chi connectivity index (χ3v) is 2.35. The molecule has 8 nitrogen and oxygen atoms in total. The van der Waals surface area contributed by atoms with Crippen LogP contribution in [0.15, 0.2) is 36.7 Å². The van der Waals surface area contributed by atoms with E-state index in [1.54, 1.807) is 0 Å². The molecule has 2 rings (SSSR count). The Balaban J connectivity index is 1.88. The van der Waals surface area contributed by atoms with Crippen molar-refractivity contribution in [2.24, 2.45) is 0 Å². The van der Waals surface area contributed by atoms with Crippen LogP contribution in [0.25, 0.3) is 0 Å². The van der Waals surface area contributed by atoms with E-state index in [1.807, 2.05) is 30.3 Å². The SMILES string of the molecule is O=C(O)Cn1cnnc1NC(=O)OCc1ccccc1. The molecule has 2 aromatic rings. The van der Waals surface area contributed by atoms with Crippen molar-refractivity contribution in [3.8, 4) is 0 Å². The number of aliphatic carboxylic acids is 1. The molecule has 1 heterocycles. The van der Waals surface area contributed by atoms with Gasteiger partial charge in [-0.2, -0.15) is 0 Å². The van der Waals surface area contributed by atoms with Gasteiger partial charge in [-0.25, -0.2) is 4.79 Å². The average molecular weight is 276 g/mol. The standard InChI is InChI=1S/C12H12N4O4/c17-10(18)6-16-8-13-15-11(16)14-12(19)20-7-9-4-2-1-3-5-9/h1-5,8H,6-7H2,(H,17,18)(H,14,15,19). The normalized spacial score (nSPS) is 10.0. The lowest BCUT2D eigenvalue weighted by molar-refractivity contribution is -0.137. The van der Waals surface area contributed by atoms with E-state index in [4.69, 9.17) is 9.84 Å². The minimum absolute atomic E-state index is 0.0189. The number of amides is 1. The number of nitrogens with zero attached hydrogens (tertiary/aromatic N) is 3. The third-order valence-electron chi connectivity index (χ3n) is 2.35. The fourth-order valence-corrected chi connectivity index (χ4v) is 1.46. The van der Waals surface area contributed by atoms with Crippen LogP contribution < -0.4 is 5.32 Å². The second-order valence-corrected chi connectivity index (χ2v) is 3.86. The molecule has 0 fully saturated rings. The first-order valence-electron chi connectivity index (χ1n) is 5.72. The molecule has 0 aliphatic rings. The number of anilines is 1. The number of carbonyl (C=O) groups is 2. The summed E-state index contributed by atoms with van der Waals surface area (Å²) in [6, 6.07) is 9.17. The maximum Gasteiger partial charge on any atom is 0.414 e. The molecule has 0 bridgehead atoms. The van der Waals surface area contributed by atoms with Gasteiger partial charge in [0.1, 0.15) is 19.5 Å². The van der Waals surface area contributed by atoms with Crippen LogP contribution in [-0.2, 0) is 22.7 Å². The Bertz CT molecular complexity index is 597. The third kappa shape index (κ3) is 3.80. The zero-order valence-electron chi connectivity index (χ0n) is 10.4. The maximum atomic E-state index is 11.6. The molecule has 0 radical (unpaired) electrons. The van der Waals surface area contributed by atoms with Gasteiger partial charge in [-0.05, 0) is 5.56 Å². The lowest BCUT2D eigenvalue weighted by Gasteiger charge is -2.07. The molecule has 0 aliphatic heterocycles. The van der Waals surface area contributed by atoms with Crippen LogP contribution in [0.3, 0.4) is 0 Å². The number of ether oxygens (including phenoxy) is 1. The van der Waals surface area contributed by atoms with Gasteiger partial charge in [0.25, 0.3) is 0 Å². The lowest BCUT2D eigenvalue weighted by Crippen LogP contribution is -2.18. The van der Waals surface area contributed by atoms with E-state index in [1.165, 1.54) is 10.9 Å². The van der Waals surface area contributed by atoms with Gasteiger partial charge in [-0.3, -0.25) is 14.7 Å². The van der Waals surface area contributed by atoms with Crippen molar-refractivity contribution in [1.29, 1.82) is 0 Å². The van der Waals surface area contributed by atoms with E-state index >= 15 is 0 Å². The highest BCUT2D eigenvalue weighted by Crippen LogP contribution is 2.05. The van der Waals surface area contributed by atoms with Gasteiger partial charge in [0.05, 0.1) is 0 Å². The molecule has 0 spiro atoms. The second kappa shape index (κ2) is 6.32.